The van der Waals surface area contributed by atoms with E-state index in [1.54, 1.807) is 19.0 Å². The number of hydrogen-bond donors (Lipinski definition) is 0. The number of aryl methyl sites for hydroxylation is 1. The van der Waals surface area contributed by atoms with Crippen molar-refractivity contribution in [3.05, 3.63) is 23.7 Å². The summed E-state index contributed by atoms with van der Waals surface area (Å²) in [5, 5.41) is 0. The highest BCUT2D eigenvalue weighted by Gasteiger charge is 2.31. The number of carbonyl (C=O) groups excluding carboxylic acids is 1. The van der Waals surface area contributed by atoms with Gasteiger partial charge >= 0.3 is 0 Å². The van der Waals surface area contributed by atoms with Crippen molar-refractivity contribution in [2.45, 2.75) is 25.9 Å². The Hall–Kier alpha value is -1.34. The van der Waals surface area contributed by atoms with Gasteiger partial charge in [0, 0.05) is 13.1 Å². The largest absolute Gasteiger partial charge is 0.464 e. The quantitative estimate of drug-likeness (QED) is 0.799. The third kappa shape index (κ3) is 4.31. The molecule has 6 nitrogen and oxygen atoms in total. The number of nitrogens with zero attached hydrogens (tertiary/aromatic N) is 2. The van der Waals surface area contributed by atoms with E-state index in [1.807, 2.05) is 24.0 Å². The molecule has 1 aliphatic heterocycles. The molecule has 21 heavy (non-hydrogen) atoms. The first-order valence-corrected chi connectivity index (χ1v) is 8.79. The first-order valence-electron chi connectivity index (χ1n) is 6.97. The van der Waals surface area contributed by atoms with Crippen LogP contribution in [-0.4, -0.2) is 62.3 Å². The molecule has 0 radical (unpaired) electrons. The average Bonchev–Trinajstić information content (AvgIpc) is 2.95. The zero-order chi connectivity index (χ0) is 15.6. The summed E-state index contributed by atoms with van der Waals surface area (Å²) in [6.45, 7) is 2.50. The molecule has 1 atom stereocenters. The van der Waals surface area contributed by atoms with Crippen LogP contribution in [0.15, 0.2) is 16.5 Å². The SMILES string of the molecule is Cc1ccc(CN(C)C(=O)CN(C)C2CCS(=O)(=O)C2)o1. The van der Waals surface area contributed by atoms with Crippen LogP contribution in [-0.2, 0) is 21.2 Å². The summed E-state index contributed by atoms with van der Waals surface area (Å²) in [7, 11) is 0.598. The van der Waals surface area contributed by atoms with Gasteiger partial charge in [0.25, 0.3) is 0 Å². The summed E-state index contributed by atoms with van der Waals surface area (Å²) in [5.41, 5.74) is 0. The number of rotatable bonds is 5. The molecule has 0 aromatic carbocycles. The van der Waals surface area contributed by atoms with Crippen molar-refractivity contribution in [2.75, 3.05) is 32.1 Å². The maximum atomic E-state index is 12.2. The second kappa shape index (κ2) is 6.19. The fourth-order valence-electron chi connectivity index (χ4n) is 2.48. The van der Waals surface area contributed by atoms with Crippen molar-refractivity contribution >= 4 is 15.7 Å². The molecule has 118 valence electrons. The smallest absolute Gasteiger partial charge is 0.236 e. The van der Waals surface area contributed by atoms with E-state index in [4.69, 9.17) is 4.42 Å². The lowest BCUT2D eigenvalue weighted by Gasteiger charge is -2.25. The van der Waals surface area contributed by atoms with E-state index in [0.717, 1.165) is 11.5 Å². The lowest BCUT2D eigenvalue weighted by atomic mass is 10.2. The van der Waals surface area contributed by atoms with Gasteiger partial charge in [-0.15, -0.1) is 0 Å². The van der Waals surface area contributed by atoms with Crippen molar-refractivity contribution in [1.82, 2.24) is 9.80 Å². The number of carbonyl (C=O) groups is 1. The molecule has 1 saturated heterocycles. The molecule has 0 aliphatic carbocycles. The first-order chi connectivity index (χ1) is 9.77. The summed E-state index contributed by atoms with van der Waals surface area (Å²) >= 11 is 0. The van der Waals surface area contributed by atoms with Gasteiger partial charge in [-0.1, -0.05) is 0 Å². The number of likely N-dealkylation sites (N-methyl/N-ethyl adjacent to an activating group) is 2. The second-order valence-electron chi connectivity index (χ2n) is 5.73. The van der Waals surface area contributed by atoms with Gasteiger partial charge in [0.05, 0.1) is 24.6 Å². The first kappa shape index (κ1) is 16.0. The molecular weight excluding hydrogens is 292 g/mol. The highest BCUT2D eigenvalue weighted by Crippen LogP contribution is 2.16. The zero-order valence-corrected chi connectivity index (χ0v) is 13.5. The van der Waals surface area contributed by atoms with E-state index < -0.39 is 9.84 Å². The van der Waals surface area contributed by atoms with Crippen LogP contribution in [0.3, 0.4) is 0 Å². The predicted molar refractivity (Wildman–Crippen MR) is 79.6 cm³/mol. The molecule has 1 aliphatic rings. The van der Waals surface area contributed by atoms with E-state index >= 15 is 0 Å². The third-order valence-corrected chi connectivity index (χ3v) is 5.58. The summed E-state index contributed by atoms with van der Waals surface area (Å²) in [6, 6.07) is 3.66. The van der Waals surface area contributed by atoms with Gasteiger partial charge in [-0.05, 0) is 32.5 Å². The van der Waals surface area contributed by atoms with E-state index in [2.05, 4.69) is 0 Å². The minimum atomic E-state index is -2.92. The Morgan fingerprint density at radius 1 is 1.38 bits per heavy atom. The number of furan rings is 1. The molecule has 1 amide bonds. The van der Waals surface area contributed by atoms with Crippen LogP contribution in [0, 0.1) is 6.92 Å². The van der Waals surface area contributed by atoms with Crippen LogP contribution >= 0.6 is 0 Å². The molecule has 0 N–H and O–H groups in total. The van der Waals surface area contributed by atoms with Gasteiger partial charge in [-0.3, -0.25) is 9.69 Å². The highest BCUT2D eigenvalue weighted by atomic mass is 32.2. The van der Waals surface area contributed by atoms with Crippen LogP contribution in [0.4, 0.5) is 0 Å². The highest BCUT2D eigenvalue weighted by molar-refractivity contribution is 7.91. The predicted octanol–water partition coefficient (Wildman–Crippen LogP) is 0.665. The Morgan fingerprint density at radius 3 is 2.62 bits per heavy atom. The minimum Gasteiger partial charge on any atom is -0.464 e. The summed E-state index contributed by atoms with van der Waals surface area (Å²) in [4.78, 5) is 15.6. The average molecular weight is 314 g/mol. The molecular formula is C14H22N2O4S. The molecule has 7 heteroatoms. The summed E-state index contributed by atoms with van der Waals surface area (Å²) in [5.74, 6) is 1.89. The monoisotopic (exact) mass is 314 g/mol. The van der Waals surface area contributed by atoms with Crippen molar-refractivity contribution in [3.63, 3.8) is 0 Å². The Kier molecular flexibility index (Phi) is 4.73. The molecule has 0 spiro atoms. The van der Waals surface area contributed by atoms with Gasteiger partial charge in [0.15, 0.2) is 9.84 Å². The van der Waals surface area contributed by atoms with Crippen LogP contribution in [0.1, 0.15) is 17.9 Å². The Bertz CT molecular complexity index is 608. The van der Waals surface area contributed by atoms with E-state index in [-0.39, 0.29) is 30.0 Å². The van der Waals surface area contributed by atoms with Crippen LogP contribution < -0.4 is 0 Å². The molecule has 1 aromatic rings. The summed E-state index contributed by atoms with van der Waals surface area (Å²) < 4.78 is 28.4. The van der Waals surface area contributed by atoms with Crippen molar-refractivity contribution in [2.24, 2.45) is 0 Å². The van der Waals surface area contributed by atoms with Gasteiger partial charge in [0.1, 0.15) is 11.5 Å². The fourth-order valence-corrected chi connectivity index (χ4v) is 4.28. The normalized spacial score (nSPS) is 20.9. The van der Waals surface area contributed by atoms with Crippen molar-refractivity contribution in [3.8, 4) is 0 Å². The number of sulfone groups is 1. The molecule has 2 rings (SSSR count). The van der Waals surface area contributed by atoms with Gasteiger partial charge in [-0.25, -0.2) is 8.42 Å². The number of amides is 1. The van der Waals surface area contributed by atoms with Gasteiger partial charge < -0.3 is 9.32 Å². The van der Waals surface area contributed by atoms with Crippen LogP contribution in [0.2, 0.25) is 0 Å². The molecule has 0 saturated carbocycles. The molecule has 1 fully saturated rings. The molecule has 1 unspecified atom stereocenters. The molecule has 1 aromatic heterocycles. The lowest BCUT2D eigenvalue weighted by Crippen LogP contribution is -2.41. The Morgan fingerprint density at radius 2 is 2.10 bits per heavy atom. The standard InChI is InChI=1S/C14H22N2O4S/c1-11-4-5-13(20-11)8-16(3)14(17)9-15(2)12-6-7-21(18,19)10-12/h4-5,12H,6-10H2,1-3H3. The topological polar surface area (TPSA) is 70.8 Å². The maximum absolute atomic E-state index is 12.2. The Labute approximate surface area is 125 Å². The number of hydrogen-bond acceptors (Lipinski definition) is 5. The third-order valence-electron chi connectivity index (χ3n) is 3.83. The van der Waals surface area contributed by atoms with Crippen LogP contribution in [0.25, 0.3) is 0 Å². The Balaban J connectivity index is 1.86. The fraction of sp³-hybridized carbons (Fsp3) is 0.643. The van der Waals surface area contributed by atoms with E-state index in [9.17, 15) is 13.2 Å². The van der Waals surface area contributed by atoms with E-state index in [1.165, 1.54) is 0 Å². The zero-order valence-electron chi connectivity index (χ0n) is 12.7. The summed E-state index contributed by atoms with van der Waals surface area (Å²) in [6.07, 6.45) is 0.604. The molecule has 2 heterocycles. The minimum absolute atomic E-state index is 0.0455. The van der Waals surface area contributed by atoms with Gasteiger partial charge in [0.2, 0.25) is 5.91 Å². The van der Waals surface area contributed by atoms with Gasteiger partial charge in [-0.2, -0.15) is 0 Å². The second-order valence-corrected chi connectivity index (χ2v) is 7.96. The van der Waals surface area contributed by atoms with Crippen molar-refractivity contribution < 1.29 is 17.6 Å². The van der Waals surface area contributed by atoms with Crippen molar-refractivity contribution in [1.29, 1.82) is 0 Å². The molecule has 0 bridgehead atoms. The lowest BCUT2D eigenvalue weighted by molar-refractivity contribution is -0.132. The van der Waals surface area contributed by atoms with E-state index in [0.29, 0.717) is 13.0 Å². The van der Waals surface area contributed by atoms with Crippen LogP contribution in [0.5, 0.6) is 0 Å². The maximum Gasteiger partial charge on any atom is 0.236 e.